The zero-order valence-electron chi connectivity index (χ0n) is 15.6. The molecular weight excluding hydrogens is 332 g/mol. The molecule has 2 heterocycles. The van der Waals surface area contributed by atoms with E-state index in [0.29, 0.717) is 11.8 Å². The minimum Gasteiger partial charge on any atom is -0.385 e. The Morgan fingerprint density at radius 3 is 2.67 bits per heavy atom. The number of fused-ring (bicyclic) bond motifs is 2. The third-order valence-corrected chi connectivity index (χ3v) is 6.58. The predicted octanol–water partition coefficient (Wildman–Crippen LogP) is 4.35. The van der Waals surface area contributed by atoms with Gasteiger partial charge in [0.15, 0.2) is 0 Å². The molecule has 3 heteroatoms. The second-order valence-corrected chi connectivity index (χ2v) is 8.24. The van der Waals surface area contributed by atoms with Crippen LogP contribution in [0, 0.1) is 11.8 Å². The number of hydrogen-bond acceptors (Lipinski definition) is 3. The Morgan fingerprint density at radius 2 is 1.78 bits per heavy atom. The molecule has 3 nitrogen and oxygen atoms in total. The maximum atomic E-state index is 11.6. The van der Waals surface area contributed by atoms with Crippen LogP contribution >= 0.6 is 0 Å². The zero-order chi connectivity index (χ0) is 18.3. The average molecular weight is 358 g/mol. The number of nitrogens with zero attached hydrogens (tertiary/aromatic N) is 2. The molecule has 0 radical (unpaired) electrons. The van der Waals surface area contributed by atoms with Crippen LogP contribution in [0.4, 0.5) is 0 Å². The first-order chi connectivity index (χ1) is 13.2. The van der Waals surface area contributed by atoms with Crippen molar-refractivity contribution in [3.05, 3.63) is 78.0 Å². The summed E-state index contributed by atoms with van der Waals surface area (Å²) in [5, 5.41) is 12.8. The van der Waals surface area contributed by atoms with Gasteiger partial charge in [0.05, 0.1) is 16.8 Å². The lowest BCUT2D eigenvalue weighted by molar-refractivity contribution is -0.0648. The molecule has 0 spiro atoms. The number of hydrogen-bond donors (Lipinski definition) is 1. The van der Waals surface area contributed by atoms with Crippen LogP contribution < -0.4 is 0 Å². The molecule has 2 fully saturated rings. The Labute approximate surface area is 160 Å². The standard InChI is InChI=1S/C24H26N2O/c27-24(20-9-2-1-3-10-20)14-6-8-19-15-26(17-22(19)24)16-21-13-12-18-7-4-5-11-23(18)25-21/h1-5,7,9-13,19,22,27H,6,8,14-17H2/t19-,22+,24+/m1/s1. The van der Waals surface area contributed by atoms with Crippen molar-refractivity contribution in [2.24, 2.45) is 11.8 Å². The summed E-state index contributed by atoms with van der Waals surface area (Å²) in [4.78, 5) is 7.34. The fraction of sp³-hybridized carbons (Fsp3) is 0.375. The monoisotopic (exact) mass is 358 g/mol. The van der Waals surface area contributed by atoms with Crippen molar-refractivity contribution in [2.75, 3.05) is 13.1 Å². The van der Waals surface area contributed by atoms with Crippen molar-refractivity contribution < 1.29 is 5.11 Å². The summed E-state index contributed by atoms with van der Waals surface area (Å²) in [6.07, 6.45) is 3.20. The molecule has 3 atom stereocenters. The largest absolute Gasteiger partial charge is 0.385 e. The quantitative estimate of drug-likeness (QED) is 0.756. The van der Waals surface area contributed by atoms with E-state index in [1.165, 1.54) is 11.8 Å². The van der Waals surface area contributed by atoms with Gasteiger partial charge in [-0.1, -0.05) is 54.6 Å². The SMILES string of the molecule is O[C@]1(c2ccccc2)CCC[C@@H]2CN(Cc3ccc4ccccc4n3)C[C@@H]21. The number of aromatic nitrogens is 1. The van der Waals surface area contributed by atoms with Crippen molar-refractivity contribution in [3.63, 3.8) is 0 Å². The molecule has 1 aliphatic carbocycles. The number of benzene rings is 2. The van der Waals surface area contributed by atoms with E-state index in [1.54, 1.807) is 0 Å². The van der Waals surface area contributed by atoms with Crippen molar-refractivity contribution in [2.45, 2.75) is 31.4 Å². The van der Waals surface area contributed by atoms with E-state index in [0.717, 1.165) is 49.2 Å². The molecule has 1 saturated heterocycles. The summed E-state index contributed by atoms with van der Waals surface area (Å²) in [7, 11) is 0. The fourth-order valence-electron chi connectivity index (χ4n) is 5.25. The van der Waals surface area contributed by atoms with Crippen molar-refractivity contribution >= 4 is 10.9 Å². The number of para-hydroxylation sites is 1. The summed E-state index contributed by atoms with van der Waals surface area (Å²) >= 11 is 0. The Balaban J connectivity index is 1.37. The first-order valence-corrected chi connectivity index (χ1v) is 10.1. The second-order valence-electron chi connectivity index (χ2n) is 8.24. The third kappa shape index (κ3) is 3.05. The predicted molar refractivity (Wildman–Crippen MR) is 108 cm³/mol. The highest BCUT2D eigenvalue weighted by Gasteiger charge is 2.49. The maximum absolute atomic E-state index is 11.6. The summed E-state index contributed by atoms with van der Waals surface area (Å²) < 4.78 is 0. The van der Waals surface area contributed by atoms with Crippen LogP contribution in [0.1, 0.15) is 30.5 Å². The van der Waals surface area contributed by atoms with E-state index in [1.807, 2.05) is 24.3 Å². The van der Waals surface area contributed by atoms with Gasteiger partial charge in [0, 0.05) is 30.9 Å². The average Bonchev–Trinajstić information content (AvgIpc) is 3.13. The molecule has 0 bridgehead atoms. The van der Waals surface area contributed by atoms with Gasteiger partial charge in [-0.05, 0) is 42.9 Å². The number of likely N-dealkylation sites (tertiary alicyclic amines) is 1. The van der Waals surface area contributed by atoms with Crippen molar-refractivity contribution in [1.82, 2.24) is 9.88 Å². The molecule has 2 aliphatic rings. The molecular formula is C24H26N2O. The van der Waals surface area contributed by atoms with Gasteiger partial charge in [-0.25, -0.2) is 0 Å². The van der Waals surface area contributed by atoms with E-state index in [9.17, 15) is 5.11 Å². The van der Waals surface area contributed by atoms with E-state index < -0.39 is 5.60 Å². The second kappa shape index (κ2) is 6.74. The lowest BCUT2D eigenvalue weighted by atomic mass is 9.67. The van der Waals surface area contributed by atoms with E-state index in [4.69, 9.17) is 4.98 Å². The molecule has 0 unspecified atom stereocenters. The Hall–Kier alpha value is -2.23. The number of rotatable bonds is 3. The molecule has 5 rings (SSSR count). The van der Waals surface area contributed by atoms with E-state index in [2.05, 4.69) is 47.4 Å². The van der Waals surface area contributed by atoms with Crippen molar-refractivity contribution in [1.29, 1.82) is 0 Å². The first-order valence-electron chi connectivity index (χ1n) is 10.1. The fourth-order valence-corrected chi connectivity index (χ4v) is 5.25. The van der Waals surface area contributed by atoms with Crippen LogP contribution in [0.15, 0.2) is 66.7 Å². The zero-order valence-corrected chi connectivity index (χ0v) is 15.6. The molecule has 138 valence electrons. The van der Waals surface area contributed by atoms with Crippen molar-refractivity contribution in [3.8, 4) is 0 Å². The molecule has 0 amide bonds. The van der Waals surface area contributed by atoms with Crippen LogP contribution in [0.2, 0.25) is 0 Å². The summed E-state index contributed by atoms with van der Waals surface area (Å²) in [6.45, 7) is 2.88. The van der Waals surface area contributed by atoms with E-state index >= 15 is 0 Å². The minimum absolute atomic E-state index is 0.314. The number of pyridine rings is 1. The Morgan fingerprint density at radius 1 is 0.963 bits per heavy atom. The highest BCUT2D eigenvalue weighted by atomic mass is 16.3. The lowest BCUT2D eigenvalue weighted by Gasteiger charge is -2.41. The summed E-state index contributed by atoms with van der Waals surface area (Å²) in [5.41, 5.74) is 2.59. The van der Waals surface area contributed by atoms with Gasteiger partial charge in [0.2, 0.25) is 0 Å². The highest BCUT2D eigenvalue weighted by molar-refractivity contribution is 5.78. The normalized spacial score (nSPS) is 28.3. The minimum atomic E-state index is -0.685. The number of aliphatic hydroxyl groups is 1. The van der Waals surface area contributed by atoms with Gasteiger partial charge in [0.25, 0.3) is 0 Å². The first kappa shape index (κ1) is 16.9. The van der Waals surface area contributed by atoms with Crippen LogP contribution in [0.3, 0.4) is 0 Å². The molecule has 1 aromatic heterocycles. The van der Waals surface area contributed by atoms with Gasteiger partial charge in [-0.3, -0.25) is 9.88 Å². The highest BCUT2D eigenvalue weighted by Crippen LogP contribution is 2.48. The smallest absolute Gasteiger partial charge is 0.0939 e. The molecule has 27 heavy (non-hydrogen) atoms. The lowest BCUT2D eigenvalue weighted by Crippen LogP contribution is -2.42. The topological polar surface area (TPSA) is 36.4 Å². The summed E-state index contributed by atoms with van der Waals surface area (Å²) in [6, 6.07) is 22.9. The van der Waals surface area contributed by atoms with E-state index in [-0.39, 0.29) is 0 Å². The van der Waals surface area contributed by atoms with Gasteiger partial charge in [-0.15, -0.1) is 0 Å². The van der Waals surface area contributed by atoms with Crippen LogP contribution in [-0.4, -0.2) is 28.1 Å². The molecule has 1 aliphatic heterocycles. The molecule has 3 aromatic rings. The van der Waals surface area contributed by atoms with Gasteiger partial charge < -0.3 is 5.11 Å². The van der Waals surface area contributed by atoms with Gasteiger partial charge in [-0.2, -0.15) is 0 Å². The van der Waals surface area contributed by atoms with Crippen LogP contribution in [-0.2, 0) is 12.1 Å². The van der Waals surface area contributed by atoms with Crippen LogP contribution in [0.25, 0.3) is 10.9 Å². The molecule has 1 saturated carbocycles. The maximum Gasteiger partial charge on any atom is 0.0939 e. The van der Waals surface area contributed by atoms with Gasteiger partial charge >= 0.3 is 0 Å². The molecule has 2 aromatic carbocycles. The summed E-state index contributed by atoms with van der Waals surface area (Å²) in [5.74, 6) is 0.888. The Kier molecular flexibility index (Phi) is 4.22. The molecule has 1 N–H and O–H groups in total. The Bertz CT molecular complexity index is 941. The van der Waals surface area contributed by atoms with Crippen LogP contribution in [0.5, 0.6) is 0 Å². The third-order valence-electron chi connectivity index (χ3n) is 6.58. The van der Waals surface area contributed by atoms with Gasteiger partial charge in [0.1, 0.15) is 0 Å².